The number of rotatable bonds is 3. The first-order valence-electron chi connectivity index (χ1n) is 5.91. The van der Waals surface area contributed by atoms with Crippen LogP contribution in [0.25, 0.3) is 0 Å². The summed E-state index contributed by atoms with van der Waals surface area (Å²) in [5, 5.41) is 6.39. The molecular weight excluding hydrogens is 315 g/mol. The number of anilines is 1. The number of hydrazone groups is 1. The van der Waals surface area contributed by atoms with Gasteiger partial charge in [-0.3, -0.25) is 19.4 Å². The first-order chi connectivity index (χ1) is 9.88. The molecule has 1 N–H and O–H groups in total. The number of hydrogen-bond donors (Lipinski definition) is 1. The molecular formula is C13H12Cl2N4O2. The standard InChI is InChI=1S/C13H12Cl2N4O2/c1-18-12(20)6-11(17-13(18)21)19(2)16-7-8-3-4-9(14)10(15)5-8/h3-7H,1-2H3,(H,17,21)/b16-7-. The van der Waals surface area contributed by atoms with Gasteiger partial charge in [0, 0.05) is 20.2 Å². The third-order valence-corrected chi connectivity index (χ3v) is 3.54. The fraction of sp³-hybridized carbons (Fsp3) is 0.154. The topological polar surface area (TPSA) is 70.5 Å². The van der Waals surface area contributed by atoms with Crippen LogP contribution in [-0.4, -0.2) is 22.8 Å². The molecule has 2 aromatic rings. The van der Waals surface area contributed by atoms with Crippen molar-refractivity contribution in [2.24, 2.45) is 12.1 Å². The van der Waals surface area contributed by atoms with Crippen molar-refractivity contribution in [3.63, 3.8) is 0 Å². The van der Waals surface area contributed by atoms with Crippen LogP contribution in [0.4, 0.5) is 5.82 Å². The van der Waals surface area contributed by atoms with E-state index in [1.807, 2.05) is 0 Å². The van der Waals surface area contributed by atoms with Gasteiger partial charge < -0.3 is 0 Å². The number of halogens is 2. The smallest absolute Gasteiger partial charge is 0.292 e. The van der Waals surface area contributed by atoms with Crippen LogP contribution in [0.5, 0.6) is 0 Å². The number of nitrogens with one attached hydrogen (secondary N) is 1. The van der Waals surface area contributed by atoms with Crippen molar-refractivity contribution in [2.75, 3.05) is 12.1 Å². The van der Waals surface area contributed by atoms with E-state index in [4.69, 9.17) is 23.2 Å². The van der Waals surface area contributed by atoms with Crippen LogP contribution in [0.3, 0.4) is 0 Å². The van der Waals surface area contributed by atoms with Crippen molar-refractivity contribution in [3.05, 3.63) is 60.7 Å². The molecule has 1 heterocycles. The van der Waals surface area contributed by atoms with Gasteiger partial charge in [-0.15, -0.1) is 0 Å². The van der Waals surface area contributed by atoms with E-state index in [2.05, 4.69) is 10.1 Å². The zero-order chi connectivity index (χ0) is 15.6. The zero-order valence-electron chi connectivity index (χ0n) is 11.3. The highest BCUT2D eigenvalue weighted by molar-refractivity contribution is 6.42. The van der Waals surface area contributed by atoms with E-state index in [9.17, 15) is 9.59 Å². The molecule has 110 valence electrons. The monoisotopic (exact) mass is 326 g/mol. The third-order valence-electron chi connectivity index (χ3n) is 2.80. The second kappa shape index (κ2) is 6.15. The van der Waals surface area contributed by atoms with Crippen molar-refractivity contribution in [2.45, 2.75) is 0 Å². The normalized spacial score (nSPS) is 11.0. The van der Waals surface area contributed by atoms with E-state index in [1.54, 1.807) is 25.2 Å². The maximum absolute atomic E-state index is 11.6. The lowest BCUT2D eigenvalue weighted by molar-refractivity contribution is 0.766. The number of hydrogen-bond acceptors (Lipinski definition) is 4. The zero-order valence-corrected chi connectivity index (χ0v) is 12.8. The summed E-state index contributed by atoms with van der Waals surface area (Å²) in [6, 6.07) is 6.35. The van der Waals surface area contributed by atoms with Gasteiger partial charge in [0.1, 0.15) is 5.82 Å². The van der Waals surface area contributed by atoms with Gasteiger partial charge in [0.15, 0.2) is 0 Å². The largest absolute Gasteiger partial charge is 0.329 e. The van der Waals surface area contributed by atoms with Gasteiger partial charge in [0.25, 0.3) is 5.56 Å². The molecule has 0 atom stereocenters. The molecule has 8 heteroatoms. The minimum atomic E-state index is -0.505. The molecule has 0 aliphatic heterocycles. The lowest BCUT2D eigenvalue weighted by Crippen LogP contribution is -2.33. The average molecular weight is 327 g/mol. The lowest BCUT2D eigenvalue weighted by atomic mass is 10.2. The molecule has 0 saturated heterocycles. The predicted octanol–water partition coefficient (Wildman–Crippen LogP) is 1.85. The van der Waals surface area contributed by atoms with E-state index in [0.29, 0.717) is 15.9 Å². The molecule has 0 unspecified atom stereocenters. The van der Waals surface area contributed by atoms with Gasteiger partial charge in [0.2, 0.25) is 0 Å². The van der Waals surface area contributed by atoms with Crippen molar-refractivity contribution >= 4 is 35.2 Å². The van der Waals surface area contributed by atoms with E-state index < -0.39 is 11.2 Å². The van der Waals surface area contributed by atoms with Crippen LogP contribution in [0, 0.1) is 0 Å². The van der Waals surface area contributed by atoms with Crippen molar-refractivity contribution in [3.8, 4) is 0 Å². The lowest BCUT2D eigenvalue weighted by Gasteiger charge is -2.12. The SMILES string of the molecule is CN(/N=C\c1ccc(Cl)c(Cl)c1)c1cc(=O)n(C)c(=O)[nH]1. The number of aromatic nitrogens is 2. The first kappa shape index (κ1) is 15.3. The molecule has 0 amide bonds. The second-order valence-electron chi connectivity index (χ2n) is 4.30. The van der Waals surface area contributed by atoms with Gasteiger partial charge in [-0.1, -0.05) is 29.3 Å². The quantitative estimate of drug-likeness (QED) is 0.691. The highest BCUT2D eigenvalue weighted by atomic mass is 35.5. The molecule has 0 bridgehead atoms. The third kappa shape index (κ3) is 3.53. The van der Waals surface area contributed by atoms with Gasteiger partial charge in [-0.25, -0.2) is 4.79 Å². The Hall–Kier alpha value is -2.05. The minimum absolute atomic E-state index is 0.291. The maximum Gasteiger partial charge on any atom is 0.329 e. The Kier molecular flexibility index (Phi) is 4.50. The summed E-state index contributed by atoms with van der Waals surface area (Å²) in [4.78, 5) is 25.6. The van der Waals surface area contributed by atoms with Crippen LogP contribution >= 0.6 is 23.2 Å². The van der Waals surface area contributed by atoms with Crippen LogP contribution < -0.4 is 16.3 Å². The Morgan fingerprint density at radius 3 is 2.57 bits per heavy atom. The van der Waals surface area contributed by atoms with Gasteiger partial charge >= 0.3 is 5.69 Å². The molecule has 0 aliphatic carbocycles. The second-order valence-corrected chi connectivity index (χ2v) is 5.11. The summed E-state index contributed by atoms with van der Waals surface area (Å²) in [6.45, 7) is 0. The molecule has 0 radical (unpaired) electrons. The Bertz CT molecular complexity index is 779. The van der Waals surface area contributed by atoms with Gasteiger partial charge in [0.05, 0.1) is 16.3 Å². The van der Waals surface area contributed by atoms with Crippen LogP contribution in [-0.2, 0) is 7.05 Å². The van der Waals surface area contributed by atoms with Gasteiger partial charge in [-0.2, -0.15) is 5.10 Å². The number of benzene rings is 1. The summed E-state index contributed by atoms with van der Waals surface area (Å²) in [5.41, 5.74) is -0.179. The van der Waals surface area contributed by atoms with Crippen LogP contribution in [0.1, 0.15) is 5.56 Å². The van der Waals surface area contributed by atoms with E-state index in [0.717, 1.165) is 10.1 Å². The van der Waals surface area contributed by atoms with Gasteiger partial charge in [-0.05, 0) is 17.7 Å². The van der Waals surface area contributed by atoms with Crippen LogP contribution in [0.2, 0.25) is 10.0 Å². The number of H-pyrrole nitrogens is 1. The summed E-state index contributed by atoms with van der Waals surface area (Å²) in [7, 11) is 3.00. The minimum Gasteiger partial charge on any atom is -0.292 e. The Morgan fingerprint density at radius 2 is 1.95 bits per heavy atom. The Balaban J connectivity index is 2.27. The molecule has 0 saturated carbocycles. The fourth-order valence-electron chi connectivity index (χ4n) is 1.53. The van der Waals surface area contributed by atoms with Crippen molar-refractivity contribution in [1.29, 1.82) is 0 Å². The van der Waals surface area contributed by atoms with E-state index in [-0.39, 0.29) is 0 Å². The summed E-state index contributed by atoms with van der Waals surface area (Å²) in [6.07, 6.45) is 1.54. The van der Waals surface area contributed by atoms with Crippen LogP contribution in [0.15, 0.2) is 39.0 Å². The number of aromatic amines is 1. The Morgan fingerprint density at radius 1 is 1.24 bits per heavy atom. The van der Waals surface area contributed by atoms with Crippen molar-refractivity contribution < 1.29 is 0 Å². The predicted molar refractivity (Wildman–Crippen MR) is 84.8 cm³/mol. The molecule has 0 spiro atoms. The number of nitrogens with zero attached hydrogens (tertiary/aromatic N) is 3. The highest BCUT2D eigenvalue weighted by Gasteiger charge is 2.04. The van der Waals surface area contributed by atoms with E-state index in [1.165, 1.54) is 24.3 Å². The molecule has 21 heavy (non-hydrogen) atoms. The molecule has 0 aliphatic rings. The summed E-state index contributed by atoms with van der Waals surface area (Å²) < 4.78 is 0.972. The maximum atomic E-state index is 11.6. The fourth-order valence-corrected chi connectivity index (χ4v) is 1.83. The molecule has 0 fully saturated rings. The molecule has 1 aromatic heterocycles. The highest BCUT2D eigenvalue weighted by Crippen LogP contribution is 2.21. The van der Waals surface area contributed by atoms with Crippen molar-refractivity contribution in [1.82, 2.24) is 9.55 Å². The Labute approximate surface area is 130 Å². The molecule has 6 nitrogen and oxygen atoms in total. The summed E-state index contributed by atoms with van der Waals surface area (Å²) >= 11 is 11.7. The molecule has 2 rings (SSSR count). The first-order valence-corrected chi connectivity index (χ1v) is 6.67. The average Bonchev–Trinajstić information content (AvgIpc) is 2.45. The summed E-state index contributed by atoms with van der Waals surface area (Å²) in [5.74, 6) is 0.291. The molecule has 1 aromatic carbocycles. The van der Waals surface area contributed by atoms with E-state index >= 15 is 0 Å².